The molecule has 144 valence electrons. The molecule has 1 aliphatic heterocycles. The van der Waals surface area contributed by atoms with Gasteiger partial charge in [0.15, 0.2) is 0 Å². The lowest BCUT2D eigenvalue weighted by Crippen LogP contribution is -2.39. The number of rotatable bonds is 5. The average Bonchev–Trinajstić information content (AvgIpc) is 2.84. The van der Waals surface area contributed by atoms with Crippen LogP contribution >= 0.6 is 0 Å². The Kier molecular flexibility index (Phi) is 5.26. The molecule has 0 unspecified atom stereocenters. The summed E-state index contributed by atoms with van der Waals surface area (Å²) in [5, 5.41) is 2.74. The second kappa shape index (κ2) is 7.64. The minimum atomic E-state index is -0.992. The van der Waals surface area contributed by atoms with Gasteiger partial charge >= 0.3 is 17.8 Å². The number of benzene rings is 2. The van der Waals surface area contributed by atoms with Gasteiger partial charge in [0.2, 0.25) is 5.91 Å². The molecular weight excluding hydrogens is 358 g/mol. The Labute approximate surface area is 162 Å². The summed E-state index contributed by atoms with van der Waals surface area (Å²) in [4.78, 5) is 50.9. The van der Waals surface area contributed by atoms with Crippen molar-refractivity contribution in [2.75, 3.05) is 11.9 Å². The highest BCUT2D eigenvalue weighted by Gasteiger charge is 2.45. The fraction of sp³-hybridized carbons (Fsp3) is 0.238. The third-order valence-electron chi connectivity index (χ3n) is 4.56. The first-order valence-corrected chi connectivity index (χ1v) is 8.87. The molecule has 1 heterocycles. The van der Waals surface area contributed by atoms with Gasteiger partial charge in [-0.15, -0.1) is 0 Å². The maximum atomic E-state index is 12.5. The Morgan fingerprint density at radius 3 is 2.07 bits per heavy atom. The number of carbonyl (C=O) groups is 4. The minimum Gasteiger partial charge on any atom is -0.324 e. The fourth-order valence-electron chi connectivity index (χ4n) is 3.29. The van der Waals surface area contributed by atoms with Crippen LogP contribution < -0.4 is 5.32 Å². The molecule has 1 aliphatic rings. The number of amides is 5. The summed E-state index contributed by atoms with van der Waals surface area (Å²) in [6.45, 7) is 5.17. The predicted octanol–water partition coefficient (Wildman–Crippen LogP) is 2.54. The zero-order chi connectivity index (χ0) is 20.4. The fourth-order valence-corrected chi connectivity index (χ4v) is 3.29. The van der Waals surface area contributed by atoms with E-state index in [4.69, 9.17) is 0 Å². The minimum absolute atomic E-state index is 0.0153. The van der Waals surface area contributed by atoms with Crippen LogP contribution in [0.25, 0.3) is 0 Å². The van der Waals surface area contributed by atoms with Crippen LogP contribution in [-0.2, 0) is 20.9 Å². The molecule has 2 aromatic rings. The van der Waals surface area contributed by atoms with Crippen molar-refractivity contribution in [3.8, 4) is 0 Å². The van der Waals surface area contributed by atoms with E-state index in [0.29, 0.717) is 16.2 Å². The lowest BCUT2D eigenvalue weighted by Gasteiger charge is -2.17. The van der Waals surface area contributed by atoms with Gasteiger partial charge in [0.25, 0.3) is 0 Å². The number of imide groups is 2. The summed E-state index contributed by atoms with van der Waals surface area (Å²) < 4.78 is 0. The van der Waals surface area contributed by atoms with Gasteiger partial charge in [0.05, 0.1) is 6.54 Å². The van der Waals surface area contributed by atoms with Crippen LogP contribution in [0.4, 0.5) is 10.5 Å². The Hall–Kier alpha value is -3.48. The molecule has 0 bridgehead atoms. The first kappa shape index (κ1) is 19.3. The monoisotopic (exact) mass is 379 g/mol. The molecular formula is C21H21N3O4. The van der Waals surface area contributed by atoms with Crippen molar-refractivity contribution in [3.05, 3.63) is 64.7 Å². The number of nitrogens with one attached hydrogen (secondary N) is 1. The summed E-state index contributed by atoms with van der Waals surface area (Å²) in [5.41, 5.74) is 4.19. The largest absolute Gasteiger partial charge is 0.335 e. The molecule has 2 aromatic carbocycles. The maximum Gasteiger partial charge on any atom is 0.335 e. The van der Waals surface area contributed by atoms with E-state index in [2.05, 4.69) is 5.32 Å². The van der Waals surface area contributed by atoms with Crippen molar-refractivity contribution < 1.29 is 19.2 Å². The summed E-state index contributed by atoms with van der Waals surface area (Å²) in [6.07, 6.45) is 0. The molecule has 3 rings (SSSR count). The van der Waals surface area contributed by atoms with Gasteiger partial charge in [-0.2, -0.15) is 0 Å². The Balaban J connectivity index is 1.72. The molecule has 0 aromatic heterocycles. The molecule has 1 N–H and O–H groups in total. The lowest BCUT2D eigenvalue weighted by atomic mass is 10.1. The molecule has 28 heavy (non-hydrogen) atoms. The van der Waals surface area contributed by atoms with Crippen LogP contribution in [0.15, 0.2) is 42.5 Å². The average molecular weight is 379 g/mol. The predicted molar refractivity (Wildman–Crippen MR) is 103 cm³/mol. The highest BCUT2D eigenvalue weighted by Crippen LogP contribution is 2.22. The second-order valence-corrected chi connectivity index (χ2v) is 6.87. The van der Waals surface area contributed by atoms with Gasteiger partial charge in [-0.05, 0) is 37.5 Å². The van der Waals surface area contributed by atoms with Gasteiger partial charge in [0.1, 0.15) is 6.54 Å². The Morgan fingerprint density at radius 2 is 1.46 bits per heavy atom. The van der Waals surface area contributed by atoms with E-state index in [1.165, 1.54) is 0 Å². The van der Waals surface area contributed by atoms with Crippen LogP contribution in [0.2, 0.25) is 0 Å². The topological polar surface area (TPSA) is 86.8 Å². The normalized spacial score (nSPS) is 14.0. The van der Waals surface area contributed by atoms with E-state index in [9.17, 15) is 19.2 Å². The van der Waals surface area contributed by atoms with Crippen LogP contribution in [0.3, 0.4) is 0 Å². The number of nitrogens with zero attached hydrogens (tertiary/aromatic N) is 2. The van der Waals surface area contributed by atoms with Crippen molar-refractivity contribution in [3.63, 3.8) is 0 Å². The molecule has 0 spiro atoms. The summed E-state index contributed by atoms with van der Waals surface area (Å²) >= 11 is 0. The van der Waals surface area contributed by atoms with Crippen molar-refractivity contribution in [1.82, 2.24) is 9.80 Å². The van der Waals surface area contributed by atoms with E-state index in [0.717, 1.165) is 21.6 Å². The van der Waals surface area contributed by atoms with Gasteiger partial charge in [0, 0.05) is 5.69 Å². The first-order chi connectivity index (χ1) is 13.3. The number of urea groups is 1. The van der Waals surface area contributed by atoms with Crippen LogP contribution in [-0.4, -0.2) is 40.1 Å². The molecule has 1 saturated heterocycles. The Morgan fingerprint density at radius 1 is 0.893 bits per heavy atom. The van der Waals surface area contributed by atoms with Crippen molar-refractivity contribution in [2.45, 2.75) is 27.3 Å². The zero-order valence-electron chi connectivity index (χ0n) is 16.0. The number of carbonyl (C=O) groups excluding carboxylic acids is 4. The number of aryl methyl sites for hydroxylation is 3. The summed E-state index contributed by atoms with van der Waals surface area (Å²) in [6, 6.07) is 12.0. The Bertz CT molecular complexity index is 946. The molecule has 1 fully saturated rings. The van der Waals surface area contributed by atoms with Crippen molar-refractivity contribution >= 4 is 29.4 Å². The number of hydrogen-bond acceptors (Lipinski definition) is 4. The third-order valence-corrected chi connectivity index (χ3v) is 4.56. The summed E-state index contributed by atoms with van der Waals surface area (Å²) in [7, 11) is 0. The van der Waals surface area contributed by atoms with E-state index >= 15 is 0 Å². The second-order valence-electron chi connectivity index (χ2n) is 6.87. The highest BCUT2D eigenvalue weighted by atomic mass is 16.2. The SMILES string of the molecule is Cc1cc(C)c(NC(=O)CN2C(=O)C(=O)N(Cc3ccccc3)C2=O)c(C)c1. The molecule has 0 aliphatic carbocycles. The maximum absolute atomic E-state index is 12.5. The van der Waals surface area contributed by atoms with Crippen LogP contribution in [0, 0.1) is 20.8 Å². The standard InChI is InChI=1S/C21H21N3O4/c1-13-9-14(2)18(15(3)10-13)22-17(25)12-24-20(27)19(26)23(21(24)28)11-16-7-5-4-6-8-16/h4-10H,11-12H2,1-3H3,(H,22,25). The van der Waals surface area contributed by atoms with Gasteiger partial charge < -0.3 is 5.32 Å². The molecule has 7 heteroatoms. The van der Waals surface area contributed by atoms with E-state index in [-0.39, 0.29) is 6.54 Å². The molecule has 7 nitrogen and oxygen atoms in total. The molecule has 0 radical (unpaired) electrons. The highest BCUT2D eigenvalue weighted by molar-refractivity contribution is 6.45. The quantitative estimate of drug-likeness (QED) is 0.639. The van der Waals surface area contributed by atoms with E-state index in [1.54, 1.807) is 24.3 Å². The van der Waals surface area contributed by atoms with E-state index < -0.39 is 30.3 Å². The first-order valence-electron chi connectivity index (χ1n) is 8.87. The van der Waals surface area contributed by atoms with Gasteiger partial charge in [-0.1, -0.05) is 48.0 Å². The third kappa shape index (κ3) is 3.78. The van der Waals surface area contributed by atoms with E-state index in [1.807, 2.05) is 39.0 Å². The summed E-state index contributed by atoms with van der Waals surface area (Å²) in [5.74, 6) is -2.45. The molecule has 0 atom stereocenters. The van der Waals surface area contributed by atoms with Crippen molar-refractivity contribution in [2.24, 2.45) is 0 Å². The molecule has 5 amide bonds. The van der Waals surface area contributed by atoms with Crippen molar-refractivity contribution in [1.29, 1.82) is 0 Å². The molecule has 0 saturated carbocycles. The zero-order valence-corrected chi connectivity index (χ0v) is 16.0. The smallest absolute Gasteiger partial charge is 0.324 e. The van der Waals surface area contributed by atoms with Gasteiger partial charge in [-0.3, -0.25) is 19.3 Å². The van der Waals surface area contributed by atoms with Crippen LogP contribution in [0.1, 0.15) is 22.3 Å². The number of hydrogen-bond donors (Lipinski definition) is 1. The van der Waals surface area contributed by atoms with Gasteiger partial charge in [-0.25, -0.2) is 9.69 Å². The lowest BCUT2D eigenvalue weighted by molar-refractivity contribution is -0.143. The number of anilines is 1. The van der Waals surface area contributed by atoms with Crippen LogP contribution in [0.5, 0.6) is 0 Å².